The summed E-state index contributed by atoms with van der Waals surface area (Å²) >= 11 is 0. The van der Waals surface area contributed by atoms with Crippen LogP contribution in [0.25, 0.3) is 83.1 Å². The second-order valence-electron chi connectivity index (χ2n) is 40.4. The molecule has 112 heavy (non-hydrogen) atoms. The topological polar surface area (TPSA) is 11.4 Å². The van der Waals surface area contributed by atoms with E-state index in [1.807, 2.05) is 91.5 Å². The number of nitrogens with zero attached hydrogens (tertiary/aromatic N) is 3. The largest absolute Gasteiger partial charge is 0.310 e. The van der Waals surface area contributed by atoms with E-state index in [1.165, 1.54) is 4.57 Å². The van der Waals surface area contributed by atoms with E-state index in [0.29, 0.717) is 44.7 Å². The quantitative estimate of drug-likeness (QED) is 0.141. The Kier molecular flexibility index (Phi) is 13.1. The summed E-state index contributed by atoms with van der Waals surface area (Å²) in [6.45, 7) is 53.4. The molecule has 4 heteroatoms. The minimum Gasteiger partial charge on any atom is -0.310 e. The van der Waals surface area contributed by atoms with Gasteiger partial charge in [-0.1, -0.05) is 356 Å². The highest BCUT2D eigenvalue weighted by Crippen LogP contribution is 2.57. The third-order valence-electron chi connectivity index (χ3n) is 22.4. The van der Waals surface area contributed by atoms with Gasteiger partial charge in [-0.3, -0.25) is 0 Å². The van der Waals surface area contributed by atoms with Crippen molar-refractivity contribution in [1.82, 2.24) is 4.57 Å². The van der Waals surface area contributed by atoms with Crippen molar-refractivity contribution in [2.24, 2.45) is 0 Å². The molecule has 0 atom stereocenters. The number of benzene rings is 12. The number of hydrogen-bond donors (Lipinski definition) is 0. The average molecular weight is 1490 g/mol. The molecule has 0 spiro atoms. The van der Waals surface area contributed by atoms with Crippen molar-refractivity contribution in [1.29, 1.82) is 0 Å². The minimum absolute atomic E-state index is 0.00299. The number of hydrogen-bond acceptors (Lipinski definition) is 2. The van der Waals surface area contributed by atoms with Crippen molar-refractivity contribution in [3.8, 4) is 61.3 Å². The summed E-state index contributed by atoms with van der Waals surface area (Å²) < 4.78 is 224. The lowest BCUT2D eigenvalue weighted by molar-refractivity contribution is 0.569. The van der Waals surface area contributed by atoms with Gasteiger partial charge in [0, 0.05) is 61.5 Å². The van der Waals surface area contributed by atoms with Crippen LogP contribution < -0.4 is 26.2 Å². The standard InChI is InChI=1S/C108H120BN3/c1-100(2,3)72-46-41-68(42-47-72)83-60-77(105(16,17)18)62-85(71-55-75(103(10,11)12)58-76(56-71)104(13,14)15)98(83)111-93-57-70(67-35-29-28-30-36-67)45-53-89(93)109-90-54-51-80(110-91-39-33-31-37-81(91)82-38-32-34-40-92(82)110)66-94(90)112(96-65-79(107(22,23)24)64-95(111)97(96)109)99-84(69-43-48-73(49-44-69)101(4,5)6)61-78(106(19,20)21)63-87(99)86-59-74(102(7,8)9)50-52-88(86)108(25,26)27/h28-66H,1-27H3/i28D,29D,30D,31D,32D,33D,34D,35D,36D,37D,38D,39D,40D,43D,44D,48D,49D,50D,52D,59D,61D,63D. The van der Waals surface area contributed by atoms with E-state index in [1.54, 1.807) is 39.0 Å². The van der Waals surface area contributed by atoms with Crippen LogP contribution in [0, 0.1) is 0 Å². The minimum atomic E-state index is -1.24. The van der Waals surface area contributed by atoms with Crippen LogP contribution >= 0.6 is 0 Å². The zero-order valence-corrected chi connectivity index (χ0v) is 70.7. The molecule has 2 aliphatic heterocycles. The molecule has 2 aliphatic rings. The number of fused-ring (bicyclic) bond motifs is 7. The lowest BCUT2D eigenvalue weighted by Crippen LogP contribution is -2.61. The molecule has 0 saturated carbocycles. The number of aromatic nitrogens is 1. The molecule has 3 heterocycles. The van der Waals surface area contributed by atoms with Crippen LogP contribution in [-0.4, -0.2) is 11.3 Å². The molecule has 0 bridgehead atoms. The maximum Gasteiger partial charge on any atom is 0.252 e. The molecule has 1 aromatic heterocycles. The van der Waals surface area contributed by atoms with Gasteiger partial charge in [0.15, 0.2) is 0 Å². The Morgan fingerprint density at radius 3 is 1.19 bits per heavy atom. The fraction of sp³-hybridized carbons (Fsp3) is 0.333. The molecule has 0 aliphatic carbocycles. The maximum absolute atomic E-state index is 11.7. The molecular formula is C108H120BN3. The van der Waals surface area contributed by atoms with Crippen LogP contribution in [0.3, 0.4) is 0 Å². The van der Waals surface area contributed by atoms with Gasteiger partial charge in [-0.15, -0.1) is 0 Å². The Bertz CT molecular complexity index is 7090. The third-order valence-corrected chi connectivity index (χ3v) is 22.4. The summed E-state index contributed by atoms with van der Waals surface area (Å²) in [5, 5.41) is -0.433. The van der Waals surface area contributed by atoms with E-state index in [-0.39, 0.29) is 124 Å². The predicted octanol–water partition coefficient (Wildman–Crippen LogP) is 28.9. The molecule has 13 aromatic rings. The first-order chi connectivity index (χ1) is 61.4. The summed E-state index contributed by atoms with van der Waals surface area (Å²) in [5.41, 5.74) is 3.75. The van der Waals surface area contributed by atoms with Crippen LogP contribution in [0.4, 0.5) is 34.1 Å². The SMILES string of the molecule is [2H]c1c([2H])c([2H])c(-c2ccc3c(c2)N(c2c(-c4ccc(C(C)(C)C)cc4)cc(C(C)(C)C)cc2-c2cc(C(C)(C)C)cc(C(C)(C)C)c2)c2cc(C(C)(C)C)cc4c2B3c2ccc(-n3c5c([2H])c([2H])c([2H])c([2H])c5c5c([2H])c([2H])c([2H])c([2H])c53)cc2N4c2c(-c3c([2H])c([2H])c(C(C)(C)C)c([2H])c3[2H])c([2H])c(C(C)(C)C)c([2H])c2-c2c([2H])c(C(C)(C)C)c([2H])c([2H])c2C(C)(C)C)c([2H])c1[2H]. The second-order valence-corrected chi connectivity index (χ2v) is 40.4. The van der Waals surface area contributed by atoms with Gasteiger partial charge in [0.25, 0.3) is 6.71 Å². The van der Waals surface area contributed by atoms with E-state index < -0.39 is 159 Å². The molecule has 3 nitrogen and oxygen atoms in total. The summed E-state index contributed by atoms with van der Waals surface area (Å²) in [7, 11) is 0. The van der Waals surface area contributed by atoms with Crippen molar-refractivity contribution in [2.45, 2.75) is 236 Å². The van der Waals surface area contributed by atoms with Crippen LogP contribution in [0.5, 0.6) is 0 Å². The Morgan fingerprint density at radius 2 is 0.679 bits per heavy atom. The highest BCUT2D eigenvalue weighted by molar-refractivity contribution is 7.00. The van der Waals surface area contributed by atoms with Gasteiger partial charge in [0.2, 0.25) is 0 Å². The summed E-state index contributed by atoms with van der Waals surface area (Å²) in [4.78, 5) is 4.10. The van der Waals surface area contributed by atoms with E-state index in [0.717, 1.165) is 44.5 Å². The smallest absolute Gasteiger partial charge is 0.252 e. The summed E-state index contributed by atoms with van der Waals surface area (Å²) in [6, 6.07) is 23.8. The van der Waals surface area contributed by atoms with Gasteiger partial charge in [-0.05, 0) is 215 Å². The van der Waals surface area contributed by atoms with Crippen LogP contribution in [0.2, 0.25) is 0 Å². The molecule has 570 valence electrons. The fourth-order valence-corrected chi connectivity index (χ4v) is 15.6. The van der Waals surface area contributed by atoms with Gasteiger partial charge in [-0.25, -0.2) is 0 Å². The van der Waals surface area contributed by atoms with Gasteiger partial charge in [0.1, 0.15) is 0 Å². The number of rotatable bonds is 8. The Hall–Kier alpha value is -9.90. The average Bonchev–Trinajstić information content (AvgIpc) is 0.818. The highest BCUT2D eigenvalue weighted by atomic mass is 15.2. The Morgan fingerprint density at radius 1 is 0.259 bits per heavy atom. The molecule has 0 fully saturated rings. The van der Waals surface area contributed by atoms with Crippen molar-refractivity contribution in [2.75, 3.05) is 9.80 Å². The van der Waals surface area contributed by atoms with Crippen molar-refractivity contribution >= 4 is 79.0 Å². The lowest BCUT2D eigenvalue weighted by atomic mass is 9.33. The van der Waals surface area contributed by atoms with Crippen molar-refractivity contribution in [3.63, 3.8) is 0 Å². The zero-order chi connectivity index (χ0) is 99.6. The van der Waals surface area contributed by atoms with Crippen molar-refractivity contribution in [3.05, 3.63) is 286 Å². The van der Waals surface area contributed by atoms with E-state index in [2.05, 4.69) is 169 Å². The normalized spacial score (nSPS) is 16.5. The molecule has 0 unspecified atom stereocenters. The first-order valence-electron chi connectivity index (χ1n) is 50.5. The van der Waals surface area contributed by atoms with Gasteiger partial charge in [-0.2, -0.15) is 0 Å². The molecule has 0 radical (unpaired) electrons. The molecule has 0 amide bonds. The van der Waals surface area contributed by atoms with Crippen molar-refractivity contribution < 1.29 is 30.2 Å². The molecule has 0 saturated heterocycles. The van der Waals surface area contributed by atoms with E-state index in [9.17, 15) is 28.8 Å². The zero-order valence-electron chi connectivity index (χ0n) is 92.7. The lowest BCUT2D eigenvalue weighted by Gasteiger charge is -2.47. The number of anilines is 6. The number of para-hydroxylation sites is 2. The van der Waals surface area contributed by atoms with Crippen LogP contribution in [0.15, 0.2) is 236 Å². The van der Waals surface area contributed by atoms with E-state index >= 15 is 0 Å². The maximum atomic E-state index is 11.7. The third kappa shape index (κ3) is 14.0. The predicted molar refractivity (Wildman–Crippen MR) is 490 cm³/mol. The first kappa shape index (κ1) is 54.7. The Balaban J connectivity index is 1.31. The Labute approximate surface area is 703 Å². The molecular weight excluding hydrogens is 1350 g/mol. The summed E-state index contributed by atoms with van der Waals surface area (Å²) in [5.74, 6) is 0. The van der Waals surface area contributed by atoms with Crippen LogP contribution in [-0.2, 0) is 48.7 Å². The monoisotopic (exact) mass is 1490 g/mol. The molecule has 15 rings (SSSR count). The van der Waals surface area contributed by atoms with Gasteiger partial charge in [0.05, 0.1) is 52.6 Å². The van der Waals surface area contributed by atoms with E-state index in [4.69, 9.17) is 1.37 Å². The first-order valence-corrected chi connectivity index (χ1v) is 39.5. The van der Waals surface area contributed by atoms with Gasteiger partial charge >= 0.3 is 0 Å². The molecule has 0 N–H and O–H groups in total. The highest BCUT2D eigenvalue weighted by Gasteiger charge is 2.47. The fourth-order valence-electron chi connectivity index (χ4n) is 15.6. The van der Waals surface area contributed by atoms with Crippen LogP contribution in [0.1, 0.15) is 267 Å². The second kappa shape index (κ2) is 26.9. The van der Waals surface area contributed by atoms with Gasteiger partial charge < -0.3 is 14.4 Å². The summed E-state index contributed by atoms with van der Waals surface area (Å²) in [6.07, 6.45) is 0. The molecule has 12 aromatic carbocycles.